The molecule has 1 heterocycles. The summed E-state index contributed by atoms with van der Waals surface area (Å²) in [5.41, 5.74) is 0. The van der Waals surface area contributed by atoms with Crippen LogP contribution in [0.3, 0.4) is 0 Å². The Balaban J connectivity index is 2.56. The number of thiophene rings is 1. The molecule has 1 aromatic heterocycles. The zero-order valence-corrected chi connectivity index (χ0v) is 9.03. The summed E-state index contributed by atoms with van der Waals surface area (Å²) in [5.74, 6) is 0.546. The lowest BCUT2D eigenvalue weighted by molar-refractivity contribution is 0.707. The predicted octanol–water partition coefficient (Wildman–Crippen LogP) is 3.72. The molecule has 0 fully saturated rings. The normalized spacial score (nSPS) is 12.4. The van der Waals surface area contributed by atoms with Crippen LogP contribution in [0.25, 0.3) is 0 Å². The van der Waals surface area contributed by atoms with Crippen LogP contribution in [0.4, 0.5) is 0 Å². The Kier molecular flexibility index (Phi) is 3.98. The third kappa shape index (κ3) is 2.86. The number of aryl methyl sites for hydroxylation is 1. The molecule has 0 saturated carbocycles. The largest absolute Gasteiger partial charge is 0.198 e. The molecule has 1 nitrogen and oxygen atoms in total. The van der Waals surface area contributed by atoms with Gasteiger partial charge in [0.05, 0.1) is 6.07 Å². The molecule has 70 valence electrons. The molecule has 1 atom stereocenters. The summed E-state index contributed by atoms with van der Waals surface area (Å²) < 4.78 is 0. The van der Waals surface area contributed by atoms with Crippen molar-refractivity contribution in [2.45, 2.75) is 39.0 Å². The lowest BCUT2D eigenvalue weighted by Gasteiger charge is -2.04. The van der Waals surface area contributed by atoms with Gasteiger partial charge < -0.3 is 0 Å². The van der Waals surface area contributed by atoms with E-state index in [1.807, 2.05) is 11.3 Å². The first-order valence-corrected chi connectivity index (χ1v) is 5.55. The van der Waals surface area contributed by atoms with Crippen molar-refractivity contribution >= 4 is 11.3 Å². The number of hydrogen-bond donors (Lipinski definition) is 0. The van der Waals surface area contributed by atoms with Gasteiger partial charge in [0.1, 0.15) is 0 Å². The maximum atomic E-state index is 8.47. The van der Waals surface area contributed by atoms with Crippen molar-refractivity contribution in [3.8, 4) is 6.07 Å². The highest BCUT2D eigenvalue weighted by atomic mass is 32.1. The minimum absolute atomic E-state index is 0.546. The Hall–Kier alpha value is -0.810. The molecule has 0 aromatic carbocycles. The molecule has 0 bridgehead atoms. The van der Waals surface area contributed by atoms with E-state index in [2.05, 4.69) is 32.0 Å². The third-order valence-corrected chi connectivity index (χ3v) is 3.67. The number of hydrogen-bond acceptors (Lipinski definition) is 2. The summed E-state index contributed by atoms with van der Waals surface area (Å²) >= 11 is 1.88. The molecule has 1 aromatic rings. The summed E-state index contributed by atoms with van der Waals surface area (Å²) in [6.07, 6.45) is 2.77. The van der Waals surface area contributed by atoms with E-state index >= 15 is 0 Å². The maximum absolute atomic E-state index is 8.47. The van der Waals surface area contributed by atoms with Gasteiger partial charge in [0, 0.05) is 16.2 Å². The van der Waals surface area contributed by atoms with Gasteiger partial charge in [0.25, 0.3) is 0 Å². The van der Waals surface area contributed by atoms with Gasteiger partial charge in [-0.25, -0.2) is 0 Å². The fourth-order valence-corrected chi connectivity index (χ4v) is 2.31. The average Bonchev–Trinajstić information content (AvgIpc) is 2.62. The van der Waals surface area contributed by atoms with Gasteiger partial charge in [-0.3, -0.25) is 0 Å². The van der Waals surface area contributed by atoms with Crippen molar-refractivity contribution < 1.29 is 0 Å². The lowest BCUT2D eigenvalue weighted by Crippen LogP contribution is -1.88. The molecule has 0 N–H and O–H groups in total. The Bertz CT molecular complexity index is 295. The van der Waals surface area contributed by atoms with Gasteiger partial charge in [-0.2, -0.15) is 5.26 Å². The summed E-state index contributed by atoms with van der Waals surface area (Å²) in [6.45, 7) is 4.37. The van der Waals surface area contributed by atoms with Crippen LogP contribution in [-0.4, -0.2) is 0 Å². The monoisotopic (exact) mass is 193 g/mol. The van der Waals surface area contributed by atoms with Crippen molar-refractivity contribution in [3.63, 3.8) is 0 Å². The van der Waals surface area contributed by atoms with Crippen LogP contribution < -0.4 is 0 Å². The van der Waals surface area contributed by atoms with Crippen molar-refractivity contribution in [3.05, 3.63) is 21.9 Å². The van der Waals surface area contributed by atoms with E-state index in [4.69, 9.17) is 5.26 Å². The smallest absolute Gasteiger partial charge is 0.0621 e. The minimum Gasteiger partial charge on any atom is -0.198 e. The molecule has 0 aliphatic heterocycles. The fourth-order valence-electron chi connectivity index (χ4n) is 1.27. The van der Waals surface area contributed by atoms with Gasteiger partial charge in [-0.15, -0.1) is 11.3 Å². The van der Waals surface area contributed by atoms with Crippen LogP contribution in [0.15, 0.2) is 12.1 Å². The van der Waals surface area contributed by atoms with Crippen molar-refractivity contribution in [1.82, 2.24) is 0 Å². The van der Waals surface area contributed by atoms with E-state index in [-0.39, 0.29) is 0 Å². The highest BCUT2D eigenvalue weighted by Gasteiger charge is 2.07. The number of nitrogens with zero attached hydrogens (tertiary/aromatic N) is 1. The van der Waals surface area contributed by atoms with Crippen molar-refractivity contribution in [2.24, 2.45) is 0 Å². The Labute approximate surface area is 84.0 Å². The van der Waals surface area contributed by atoms with E-state index in [0.29, 0.717) is 12.3 Å². The number of nitriles is 1. The van der Waals surface area contributed by atoms with Crippen LogP contribution in [0.2, 0.25) is 0 Å². The van der Waals surface area contributed by atoms with Crippen LogP contribution in [0.5, 0.6) is 0 Å². The second-order valence-corrected chi connectivity index (χ2v) is 4.46. The van der Waals surface area contributed by atoms with Gasteiger partial charge in [-0.1, -0.05) is 13.8 Å². The maximum Gasteiger partial charge on any atom is 0.0621 e. The summed E-state index contributed by atoms with van der Waals surface area (Å²) in [7, 11) is 0. The first kappa shape index (κ1) is 10.3. The molecule has 1 rings (SSSR count). The quantitative estimate of drug-likeness (QED) is 0.715. The van der Waals surface area contributed by atoms with Crippen LogP contribution >= 0.6 is 11.3 Å². The van der Waals surface area contributed by atoms with E-state index in [1.54, 1.807) is 0 Å². The standard InChI is InChI=1S/C11H15NS/c1-3-10-6-7-11(13-10)9(2)5-4-8-12/h6-7,9H,3-5H2,1-2H3. The zero-order valence-electron chi connectivity index (χ0n) is 8.21. The van der Waals surface area contributed by atoms with Crippen LogP contribution in [0, 0.1) is 11.3 Å². The molecular formula is C11H15NS. The SMILES string of the molecule is CCc1ccc(C(C)CCC#N)s1. The summed E-state index contributed by atoms with van der Waals surface area (Å²) in [4.78, 5) is 2.87. The molecule has 0 aliphatic carbocycles. The van der Waals surface area contributed by atoms with Gasteiger partial charge in [0.2, 0.25) is 0 Å². The number of rotatable bonds is 4. The Morgan fingerprint density at radius 2 is 2.31 bits per heavy atom. The average molecular weight is 193 g/mol. The molecule has 13 heavy (non-hydrogen) atoms. The fraction of sp³-hybridized carbons (Fsp3) is 0.545. The second kappa shape index (κ2) is 5.04. The Morgan fingerprint density at radius 1 is 1.54 bits per heavy atom. The third-order valence-electron chi connectivity index (χ3n) is 2.21. The first-order chi connectivity index (χ1) is 6.27. The van der Waals surface area contributed by atoms with Crippen molar-refractivity contribution in [2.75, 3.05) is 0 Å². The predicted molar refractivity (Wildman–Crippen MR) is 57.0 cm³/mol. The van der Waals surface area contributed by atoms with E-state index in [9.17, 15) is 0 Å². The van der Waals surface area contributed by atoms with E-state index in [1.165, 1.54) is 9.75 Å². The van der Waals surface area contributed by atoms with Gasteiger partial charge in [0.15, 0.2) is 0 Å². The van der Waals surface area contributed by atoms with Gasteiger partial charge in [-0.05, 0) is 30.9 Å². The summed E-state index contributed by atoms with van der Waals surface area (Å²) in [6, 6.07) is 6.59. The highest BCUT2D eigenvalue weighted by molar-refractivity contribution is 7.12. The molecule has 2 heteroatoms. The van der Waals surface area contributed by atoms with Crippen LogP contribution in [0.1, 0.15) is 42.4 Å². The zero-order chi connectivity index (χ0) is 9.68. The minimum atomic E-state index is 0.546. The summed E-state index contributed by atoms with van der Waals surface area (Å²) in [5, 5.41) is 8.47. The Morgan fingerprint density at radius 3 is 2.85 bits per heavy atom. The molecule has 0 aliphatic rings. The molecular weight excluding hydrogens is 178 g/mol. The van der Waals surface area contributed by atoms with Crippen LogP contribution in [-0.2, 0) is 6.42 Å². The molecule has 0 amide bonds. The molecule has 1 unspecified atom stereocenters. The topological polar surface area (TPSA) is 23.8 Å². The van der Waals surface area contributed by atoms with Gasteiger partial charge >= 0.3 is 0 Å². The first-order valence-electron chi connectivity index (χ1n) is 4.73. The van der Waals surface area contributed by atoms with E-state index in [0.717, 1.165) is 12.8 Å². The lowest BCUT2D eigenvalue weighted by atomic mass is 10.0. The molecule has 0 spiro atoms. The second-order valence-electron chi connectivity index (χ2n) is 3.26. The van der Waals surface area contributed by atoms with E-state index < -0.39 is 0 Å². The molecule has 0 radical (unpaired) electrons. The highest BCUT2D eigenvalue weighted by Crippen LogP contribution is 2.27. The molecule has 0 saturated heterocycles. The van der Waals surface area contributed by atoms with Crippen molar-refractivity contribution in [1.29, 1.82) is 5.26 Å².